The predicted octanol–water partition coefficient (Wildman–Crippen LogP) is 2.65. The monoisotopic (exact) mass is 311 g/mol. The molecule has 0 saturated heterocycles. The lowest BCUT2D eigenvalue weighted by atomic mass is 10.2. The maximum Gasteiger partial charge on any atom is 0.152 e. The summed E-state index contributed by atoms with van der Waals surface area (Å²) in [5, 5.41) is 20.0. The SMILES string of the molecule is OC(c1cccc(Br)n1)c1nnc(C2CC2)s1. The van der Waals surface area contributed by atoms with Crippen LogP contribution in [0.15, 0.2) is 22.8 Å². The summed E-state index contributed by atoms with van der Waals surface area (Å²) in [7, 11) is 0. The van der Waals surface area contributed by atoms with Gasteiger partial charge in [-0.25, -0.2) is 4.98 Å². The molecule has 1 aliphatic rings. The molecule has 1 saturated carbocycles. The van der Waals surface area contributed by atoms with Crippen LogP contribution >= 0.6 is 27.3 Å². The van der Waals surface area contributed by atoms with Crippen molar-refractivity contribution in [3.8, 4) is 0 Å². The zero-order valence-electron chi connectivity index (χ0n) is 8.88. The number of hydrogen-bond donors (Lipinski definition) is 1. The van der Waals surface area contributed by atoms with Crippen LogP contribution < -0.4 is 0 Å². The molecule has 0 aromatic carbocycles. The Labute approximate surface area is 111 Å². The molecule has 17 heavy (non-hydrogen) atoms. The Balaban J connectivity index is 1.86. The number of aromatic nitrogens is 3. The van der Waals surface area contributed by atoms with Crippen LogP contribution in [-0.2, 0) is 0 Å². The van der Waals surface area contributed by atoms with Gasteiger partial charge in [-0.3, -0.25) is 0 Å². The highest BCUT2D eigenvalue weighted by Crippen LogP contribution is 2.42. The number of aliphatic hydroxyl groups excluding tert-OH is 1. The number of hydrogen-bond acceptors (Lipinski definition) is 5. The minimum Gasteiger partial charge on any atom is -0.379 e. The summed E-state index contributed by atoms with van der Waals surface area (Å²) in [5.41, 5.74) is 0.595. The number of rotatable bonds is 3. The molecule has 0 amide bonds. The highest BCUT2D eigenvalue weighted by Gasteiger charge is 2.29. The average Bonchev–Trinajstić information content (AvgIpc) is 3.07. The van der Waals surface area contributed by atoms with Gasteiger partial charge in [0.15, 0.2) is 5.01 Å². The third kappa shape index (κ3) is 2.38. The van der Waals surface area contributed by atoms with Gasteiger partial charge in [0.25, 0.3) is 0 Å². The number of aliphatic hydroxyl groups is 1. The Kier molecular flexibility index (Phi) is 2.94. The molecule has 6 heteroatoms. The second-order valence-corrected chi connectivity index (χ2v) is 5.89. The molecule has 4 nitrogen and oxygen atoms in total. The van der Waals surface area contributed by atoms with E-state index in [1.54, 1.807) is 6.07 Å². The van der Waals surface area contributed by atoms with Crippen LogP contribution in [0.1, 0.15) is 40.6 Å². The Bertz CT molecular complexity index is 541. The van der Waals surface area contributed by atoms with Gasteiger partial charge in [-0.1, -0.05) is 17.4 Å². The van der Waals surface area contributed by atoms with Gasteiger partial charge in [0.2, 0.25) is 0 Å². The van der Waals surface area contributed by atoms with Gasteiger partial charge in [-0.2, -0.15) is 0 Å². The molecule has 0 radical (unpaired) electrons. The van der Waals surface area contributed by atoms with Crippen LogP contribution in [0.2, 0.25) is 0 Å². The molecule has 0 spiro atoms. The van der Waals surface area contributed by atoms with Crippen molar-refractivity contribution < 1.29 is 5.11 Å². The van der Waals surface area contributed by atoms with E-state index in [-0.39, 0.29) is 0 Å². The Morgan fingerprint density at radius 2 is 2.18 bits per heavy atom. The minimum atomic E-state index is -0.780. The first-order valence-electron chi connectivity index (χ1n) is 5.38. The molecule has 2 heterocycles. The molecule has 2 aromatic heterocycles. The Morgan fingerprint density at radius 3 is 2.88 bits per heavy atom. The maximum absolute atomic E-state index is 10.2. The molecule has 1 unspecified atom stereocenters. The van der Waals surface area contributed by atoms with Gasteiger partial charge in [0.1, 0.15) is 15.7 Å². The van der Waals surface area contributed by atoms with E-state index in [9.17, 15) is 5.11 Å². The van der Waals surface area contributed by atoms with Gasteiger partial charge in [-0.15, -0.1) is 10.2 Å². The first-order chi connectivity index (χ1) is 8.24. The average molecular weight is 312 g/mol. The molecule has 88 valence electrons. The molecule has 3 rings (SSSR count). The van der Waals surface area contributed by atoms with E-state index in [2.05, 4.69) is 31.1 Å². The van der Waals surface area contributed by atoms with Gasteiger partial charge in [0.05, 0.1) is 5.69 Å². The normalized spacial score (nSPS) is 17.1. The van der Waals surface area contributed by atoms with Gasteiger partial charge in [0, 0.05) is 5.92 Å². The van der Waals surface area contributed by atoms with Crippen molar-refractivity contribution >= 4 is 27.3 Å². The lowest BCUT2D eigenvalue weighted by Crippen LogP contribution is -2.01. The van der Waals surface area contributed by atoms with Crippen molar-refractivity contribution in [3.63, 3.8) is 0 Å². The van der Waals surface area contributed by atoms with Crippen LogP contribution in [0.5, 0.6) is 0 Å². The lowest BCUT2D eigenvalue weighted by molar-refractivity contribution is 0.213. The van der Waals surface area contributed by atoms with Crippen molar-refractivity contribution in [3.05, 3.63) is 38.5 Å². The molecule has 2 aromatic rings. The maximum atomic E-state index is 10.2. The summed E-state index contributed by atoms with van der Waals surface area (Å²) >= 11 is 4.77. The number of nitrogens with zero attached hydrogens (tertiary/aromatic N) is 3. The summed E-state index contributed by atoms with van der Waals surface area (Å²) < 4.78 is 0.709. The fraction of sp³-hybridized carbons (Fsp3) is 0.364. The molecule has 0 aliphatic heterocycles. The van der Waals surface area contributed by atoms with Crippen LogP contribution in [-0.4, -0.2) is 20.3 Å². The van der Waals surface area contributed by atoms with Gasteiger partial charge in [-0.05, 0) is 40.9 Å². The van der Waals surface area contributed by atoms with Crippen molar-refractivity contribution in [1.29, 1.82) is 0 Å². The van der Waals surface area contributed by atoms with Crippen molar-refractivity contribution in [2.24, 2.45) is 0 Å². The Morgan fingerprint density at radius 1 is 1.35 bits per heavy atom. The molecular weight excluding hydrogens is 302 g/mol. The van der Waals surface area contributed by atoms with E-state index in [1.165, 1.54) is 24.2 Å². The van der Waals surface area contributed by atoms with Gasteiger partial charge < -0.3 is 5.11 Å². The summed E-state index contributed by atoms with van der Waals surface area (Å²) in [6.07, 6.45) is 1.61. The summed E-state index contributed by atoms with van der Waals surface area (Å²) in [4.78, 5) is 4.22. The highest BCUT2D eigenvalue weighted by molar-refractivity contribution is 9.10. The fourth-order valence-electron chi connectivity index (χ4n) is 1.56. The fourth-order valence-corrected chi connectivity index (χ4v) is 2.92. The first kappa shape index (κ1) is 11.3. The summed E-state index contributed by atoms with van der Waals surface area (Å²) in [5.74, 6) is 0.573. The Hall–Kier alpha value is -0.850. The largest absolute Gasteiger partial charge is 0.379 e. The topological polar surface area (TPSA) is 58.9 Å². The minimum absolute atomic E-state index is 0.573. The van der Waals surface area contributed by atoms with Crippen molar-refractivity contribution in [2.45, 2.75) is 24.9 Å². The van der Waals surface area contributed by atoms with E-state index in [1.807, 2.05) is 12.1 Å². The second-order valence-electron chi connectivity index (χ2n) is 4.04. The van der Waals surface area contributed by atoms with E-state index < -0.39 is 6.10 Å². The third-order valence-corrected chi connectivity index (χ3v) is 4.21. The summed E-state index contributed by atoms with van der Waals surface area (Å²) in [6.45, 7) is 0. The first-order valence-corrected chi connectivity index (χ1v) is 6.99. The van der Waals surface area contributed by atoms with E-state index in [4.69, 9.17) is 0 Å². The summed E-state index contributed by atoms with van der Waals surface area (Å²) in [6, 6.07) is 5.46. The molecule has 1 atom stereocenters. The molecule has 0 bridgehead atoms. The van der Waals surface area contributed by atoms with Crippen molar-refractivity contribution in [1.82, 2.24) is 15.2 Å². The quantitative estimate of drug-likeness (QED) is 0.885. The van der Waals surface area contributed by atoms with Gasteiger partial charge >= 0.3 is 0 Å². The van der Waals surface area contributed by atoms with E-state index in [0.717, 1.165) is 5.01 Å². The van der Waals surface area contributed by atoms with Crippen LogP contribution in [0.4, 0.5) is 0 Å². The number of pyridine rings is 1. The van der Waals surface area contributed by atoms with Crippen molar-refractivity contribution in [2.75, 3.05) is 0 Å². The van der Waals surface area contributed by atoms with Crippen LogP contribution in [0.3, 0.4) is 0 Å². The van der Waals surface area contributed by atoms with E-state index in [0.29, 0.717) is 21.2 Å². The standard InChI is InChI=1S/C11H10BrN3OS/c12-8-3-1-2-7(13-8)9(16)11-15-14-10(17-11)6-4-5-6/h1-3,6,9,16H,4-5H2. The van der Waals surface area contributed by atoms with Crippen LogP contribution in [0, 0.1) is 0 Å². The molecule has 1 aliphatic carbocycles. The molecule has 1 N–H and O–H groups in total. The number of halogens is 1. The molecule has 1 fully saturated rings. The zero-order valence-corrected chi connectivity index (χ0v) is 11.3. The third-order valence-electron chi connectivity index (χ3n) is 2.63. The lowest BCUT2D eigenvalue weighted by Gasteiger charge is -2.05. The van der Waals surface area contributed by atoms with Crippen LogP contribution in [0.25, 0.3) is 0 Å². The zero-order chi connectivity index (χ0) is 11.8. The smallest absolute Gasteiger partial charge is 0.152 e. The molecular formula is C11H10BrN3OS. The van der Waals surface area contributed by atoms with E-state index >= 15 is 0 Å². The second kappa shape index (κ2) is 4.44. The highest BCUT2D eigenvalue weighted by atomic mass is 79.9. The predicted molar refractivity (Wildman–Crippen MR) is 67.9 cm³/mol.